The van der Waals surface area contributed by atoms with Gasteiger partial charge in [0.1, 0.15) is 0 Å². The maximum Gasteiger partial charge on any atom is 0.0619 e. The zero-order valence-corrected chi connectivity index (χ0v) is 8.61. The molecule has 2 heteroatoms. The van der Waals surface area contributed by atoms with Crippen LogP contribution in [0, 0.1) is 11.8 Å². The molecule has 0 amide bonds. The first-order valence-corrected chi connectivity index (χ1v) is 5.94. The molecule has 1 saturated carbocycles. The molecule has 1 aliphatic heterocycles. The lowest BCUT2D eigenvalue weighted by molar-refractivity contribution is 0.0484. The largest absolute Gasteiger partial charge is 0.380 e. The van der Waals surface area contributed by atoms with Crippen molar-refractivity contribution in [3.05, 3.63) is 12.2 Å². The lowest BCUT2D eigenvalue weighted by Gasteiger charge is -2.43. The van der Waals surface area contributed by atoms with E-state index in [-0.39, 0.29) is 0 Å². The summed E-state index contributed by atoms with van der Waals surface area (Å²) in [5, 5.41) is 3.75. The summed E-state index contributed by atoms with van der Waals surface area (Å²) in [6.45, 7) is 1.90. The molecule has 1 N–H and O–H groups in total. The monoisotopic (exact) mass is 193 g/mol. The van der Waals surface area contributed by atoms with E-state index in [0.717, 1.165) is 31.1 Å². The van der Waals surface area contributed by atoms with Gasteiger partial charge in [0.2, 0.25) is 0 Å². The fraction of sp³-hybridized carbons (Fsp3) is 0.833. The van der Waals surface area contributed by atoms with Crippen LogP contribution in [0.15, 0.2) is 12.2 Å². The Labute approximate surface area is 85.7 Å². The van der Waals surface area contributed by atoms with Gasteiger partial charge in [-0.2, -0.15) is 0 Å². The quantitative estimate of drug-likeness (QED) is 0.674. The van der Waals surface area contributed by atoms with Gasteiger partial charge in [0.25, 0.3) is 0 Å². The highest BCUT2D eigenvalue weighted by Crippen LogP contribution is 2.42. The number of rotatable bonds is 2. The SMILES string of the molecule is C1=CC2C(C1)CC2NC1CCCOC1. The Morgan fingerprint density at radius 3 is 3.14 bits per heavy atom. The Morgan fingerprint density at radius 2 is 2.36 bits per heavy atom. The summed E-state index contributed by atoms with van der Waals surface area (Å²) in [7, 11) is 0. The van der Waals surface area contributed by atoms with Gasteiger partial charge >= 0.3 is 0 Å². The van der Waals surface area contributed by atoms with Crippen molar-refractivity contribution in [3.63, 3.8) is 0 Å². The van der Waals surface area contributed by atoms with Crippen molar-refractivity contribution < 1.29 is 4.74 Å². The predicted octanol–water partition coefficient (Wildman–Crippen LogP) is 1.72. The highest BCUT2D eigenvalue weighted by molar-refractivity contribution is 5.13. The molecule has 0 aromatic rings. The maximum absolute atomic E-state index is 5.48. The molecule has 0 aromatic carbocycles. The van der Waals surface area contributed by atoms with Gasteiger partial charge in [-0.05, 0) is 37.5 Å². The van der Waals surface area contributed by atoms with Crippen LogP contribution >= 0.6 is 0 Å². The van der Waals surface area contributed by atoms with Crippen molar-refractivity contribution in [2.75, 3.05) is 13.2 Å². The first-order valence-electron chi connectivity index (χ1n) is 5.94. The molecule has 2 fully saturated rings. The minimum absolute atomic E-state index is 0.628. The molecule has 2 aliphatic carbocycles. The van der Waals surface area contributed by atoms with Gasteiger partial charge in [-0.25, -0.2) is 0 Å². The molecule has 0 radical (unpaired) electrons. The topological polar surface area (TPSA) is 21.3 Å². The molecule has 1 saturated heterocycles. The van der Waals surface area contributed by atoms with Crippen LogP contribution in [0.1, 0.15) is 25.7 Å². The molecular weight excluding hydrogens is 174 g/mol. The lowest BCUT2D eigenvalue weighted by Crippen LogP contribution is -2.53. The average molecular weight is 193 g/mol. The number of hydrogen-bond donors (Lipinski definition) is 1. The second-order valence-corrected chi connectivity index (χ2v) is 4.92. The number of fused-ring (bicyclic) bond motifs is 1. The minimum Gasteiger partial charge on any atom is -0.380 e. The van der Waals surface area contributed by atoms with Crippen LogP contribution in [0.2, 0.25) is 0 Å². The van der Waals surface area contributed by atoms with Crippen LogP contribution in [0.25, 0.3) is 0 Å². The van der Waals surface area contributed by atoms with E-state index in [2.05, 4.69) is 17.5 Å². The number of nitrogens with one attached hydrogen (secondary N) is 1. The molecule has 2 nitrogen and oxygen atoms in total. The van der Waals surface area contributed by atoms with E-state index in [0.29, 0.717) is 6.04 Å². The molecule has 1 heterocycles. The lowest BCUT2D eigenvalue weighted by atomic mass is 9.71. The van der Waals surface area contributed by atoms with Gasteiger partial charge in [0.15, 0.2) is 0 Å². The van der Waals surface area contributed by atoms with Crippen molar-refractivity contribution in [3.8, 4) is 0 Å². The van der Waals surface area contributed by atoms with E-state index in [1.54, 1.807) is 0 Å². The summed E-state index contributed by atoms with van der Waals surface area (Å²) in [5.41, 5.74) is 0. The van der Waals surface area contributed by atoms with E-state index in [1.165, 1.54) is 25.7 Å². The summed E-state index contributed by atoms with van der Waals surface area (Å²) in [6, 6.07) is 1.38. The van der Waals surface area contributed by atoms with Crippen molar-refractivity contribution >= 4 is 0 Å². The van der Waals surface area contributed by atoms with E-state index in [4.69, 9.17) is 4.74 Å². The summed E-state index contributed by atoms with van der Waals surface area (Å²) >= 11 is 0. The van der Waals surface area contributed by atoms with Crippen LogP contribution in [0.4, 0.5) is 0 Å². The van der Waals surface area contributed by atoms with Crippen LogP contribution < -0.4 is 5.32 Å². The molecule has 3 aliphatic rings. The van der Waals surface area contributed by atoms with E-state index in [1.807, 2.05) is 0 Å². The Kier molecular flexibility index (Phi) is 2.34. The molecule has 3 rings (SSSR count). The van der Waals surface area contributed by atoms with Gasteiger partial charge < -0.3 is 10.1 Å². The standard InChI is InChI=1S/C12H19NO/c1-3-9-7-12(11(9)5-1)13-10-4-2-6-14-8-10/h1,5,9-13H,2-4,6-8H2. The Bertz CT molecular complexity index is 232. The second-order valence-electron chi connectivity index (χ2n) is 4.92. The summed E-state index contributed by atoms with van der Waals surface area (Å²) in [5.74, 6) is 1.81. The van der Waals surface area contributed by atoms with Crippen molar-refractivity contribution in [2.45, 2.75) is 37.8 Å². The van der Waals surface area contributed by atoms with Crippen LogP contribution in [0.5, 0.6) is 0 Å². The van der Waals surface area contributed by atoms with Crippen LogP contribution in [0.3, 0.4) is 0 Å². The summed E-state index contributed by atoms with van der Waals surface area (Å²) < 4.78 is 5.48. The van der Waals surface area contributed by atoms with Gasteiger partial charge in [-0.1, -0.05) is 12.2 Å². The fourth-order valence-electron chi connectivity index (χ4n) is 3.08. The molecule has 0 bridgehead atoms. The van der Waals surface area contributed by atoms with Crippen LogP contribution in [-0.4, -0.2) is 25.3 Å². The molecule has 4 unspecified atom stereocenters. The number of hydrogen-bond acceptors (Lipinski definition) is 2. The van der Waals surface area contributed by atoms with E-state index in [9.17, 15) is 0 Å². The Balaban J connectivity index is 1.50. The Hall–Kier alpha value is -0.340. The average Bonchev–Trinajstić information content (AvgIpc) is 2.58. The van der Waals surface area contributed by atoms with E-state index < -0.39 is 0 Å². The normalized spacial score (nSPS) is 46.0. The Morgan fingerprint density at radius 1 is 1.36 bits per heavy atom. The predicted molar refractivity (Wildman–Crippen MR) is 56.1 cm³/mol. The third kappa shape index (κ3) is 1.51. The number of allylic oxidation sites excluding steroid dienone is 1. The van der Waals surface area contributed by atoms with Crippen LogP contribution in [-0.2, 0) is 4.74 Å². The first kappa shape index (κ1) is 8.93. The molecule has 78 valence electrons. The molecule has 4 atom stereocenters. The highest BCUT2D eigenvalue weighted by Gasteiger charge is 2.41. The third-order valence-electron chi connectivity index (χ3n) is 3.97. The zero-order chi connectivity index (χ0) is 9.38. The molecule has 0 aromatic heterocycles. The van der Waals surface area contributed by atoms with E-state index >= 15 is 0 Å². The molecule has 14 heavy (non-hydrogen) atoms. The summed E-state index contributed by atoms with van der Waals surface area (Å²) in [6.07, 6.45) is 10.0. The van der Waals surface area contributed by atoms with Gasteiger partial charge in [-0.15, -0.1) is 0 Å². The van der Waals surface area contributed by atoms with Crippen molar-refractivity contribution in [1.82, 2.24) is 5.32 Å². The second kappa shape index (κ2) is 3.67. The molecular formula is C12H19NO. The smallest absolute Gasteiger partial charge is 0.0619 e. The van der Waals surface area contributed by atoms with Gasteiger partial charge in [-0.3, -0.25) is 0 Å². The molecule has 0 spiro atoms. The van der Waals surface area contributed by atoms with Crippen molar-refractivity contribution in [2.24, 2.45) is 11.8 Å². The zero-order valence-electron chi connectivity index (χ0n) is 8.61. The fourth-order valence-corrected chi connectivity index (χ4v) is 3.08. The summed E-state index contributed by atoms with van der Waals surface area (Å²) in [4.78, 5) is 0. The maximum atomic E-state index is 5.48. The third-order valence-corrected chi connectivity index (χ3v) is 3.97. The highest BCUT2D eigenvalue weighted by atomic mass is 16.5. The van der Waals surface area contributed by atoms with Crippen molar-refractivity contribution in [1.29, 1.82) is 0 Å². The number of ether oxygens (including phenoxy) is 1. The first-order chi connectivity index (χ1) is 6.93. The van der Waals surface area contributed by atoms with Gasteiger partial charge in [0, 0.05) is 18.7 Å². The minimum atomic E-state index is 0.628. The van der Waals surface area contributed by atoms with Gasteiger partial charge in [0.05, 0.1) is 6.61 Å².